The molecule has 10 heteroatoms. The predicted octanol–water partition coefficient (Wildman–Crippen LogP) is 4.57. The molecule has 3 aromatic rings. The lowest BCUT2D eigenvalue weighted by Gasteiger charge is -2.41. The number of oxime groups is 1. The first-order valence-electron chi connectivity index (χ1n) is 13.5. The van der Waals surface area contributed by atoms with E-state index in [2.05, 4.69) is 38.3 Å². The van der Waals surface area contributed by atoms with Crippen molar-refractivity contribution in [2.75, 3.05) is 65.6 Å². The summed E-state index contributed by atoms with van der Waals surface area (Å²) >= 11 is 12.5. The van der Waals surface area contributed by atoms with Crippen molar-refractivity contribution in [1.82, 2.24) is 19.7 Å². The quantitative estimate of drug-likeness (QED) is 0.231. The van der Waals surface area contributed by atoms with E-state index in [4.69, 9.17) is 32.8 Å². The van der Waals surface area contributed by atoms with Gasteiger partial charge in [-0.3, -0.25) is 14.6 Å². The highest BCUT2D eigenvalue weighted by molar-refractivity contribution is 6.35. The zero-order valence-corrected chi connectivity index (χ0v) is 23.8. The highest BCUT2D eigenvalue weighted by Crippen LogP contribution is 2.25. The number of halogens is 2. The number of H-pyrrole nitrogens is 1. The first-order chi connectivity index (χ1) is 19.0. The van der Waals surface area contributed by atoms with Crippen LogP contribution in [0.25, 0.3) is 10.9 Å². The number of piperazine rings is 1. The summed E-state index contributed by atoms with van der Waals surface area (Å²) in [5.74, 6) is -0.0549. The predicted molar refractivity (Wildman–Crippen MR) is 156 cm³/mol. The van der Waals surface area contributed by atoms with Gasteiger partial charge in [-0.15, -0.1) is 0 Å². The molecule has 2 fully saturated rings. The number of aromatic nitrogens is 1. The third-order valence-electron chi connectivity index (χ3n) is 7.34. The van der Waals surface area contributed by atoms with Gasteiger partial charge in [0, 0.05) is 84.6 Å². The molecule has 0 unspecified atom stereocenters. The Kier molecular flexibility index (Phi) is 9.42. The van der Waals surface area contributed by atoms with Gasteiger partial charge < -0.3 is 19.5 Å². The molecule has 1 atom stereocenters. The molecule has 0 spiro atoms. The molecule has 5 rings (SSSR count). The lowest BCUT2D eigenvalue weighted by atomic mass is 10.00. The van der Waals surface area contributed by atoms with Crippen LogP contribution in [0.3, 0.4) is 0 Å². The lowest BCUT2D eigenvalue weighted by molar-refractivity contribution is 0.0209. The van der Waals surface area contributed by atoms with Crippen LogP contribution in [-0.4, -0.2) is 103 Å². The number of carbonyl (C=O) groups excluding carboxylic acids is 1. The number of hydrogen-bond acceptors (Lipinski definition) is 6. The fourth-order valence-corrected chi connectivity index (χ4v) is 5.93. The van der Waals surface area contributed by atoms with Crippen LogP contribution in [0, 0.1) is 0 Å². The Morgan fingerprint density at radius 2 is 1.85 bits per heavy atom. The second kappa shape index (κ2) is 13.2. The molecule has 3 heterocycles. The fourth-order valence-electron chi connectivity index (χ4n) is 5.41. The number of hydrogen-bond donors (Lipinski definition) is 1. The van der Waals surface area contributed by atoms with E-state index in [0.717, 1.165) is 63.6 Å². The Bertz CT molecular complexity index is 1290. The van der Waals surface area contributed by atoms with Crippen LogP contribution in [-0.2, 0) is 16.0 Å². The zero-order chi connectivity index (χ0) is 27.2. The van der Waals surface area contributed by atoms with Crippen molar-refractivity contribution in [3.63, 3.8) is 0 Å². The van der Waals surface area contributed by atoms with E-state index in [9.17, 15) is 4.79 Å². The van der Waals surface area contributed by atoms with Crippen LogP contribution < -0.4 is 0 Å². The number of nitrogens with one attached hydrogen (secondary N) is 1. The van der Waals surface area contributed by atoms with E-state index in [-0.39, 0.29) is 11.9 Å². The molecule has 208 valence electrons. The number of morpholine rings is 1. The monoisotopic (exact) mass is 571 g/mol. The molecule has 1 N–H and O–H groups in total. The maximum Gasteiger partial charge on any atom is 0.254 e. The second-order valence-corrected chi connectivity index (χ2v) is 11.1. The van der Waals surface area contributed by atoms with Crippen LogP contribution in [0.4, 0.5) is 0 Å². The van der Waals surface area contributed by atoms with Gasteiger partial charge in [-0.25, -0.2) is 0 Å². The summed E-state index contributed by atoms with van der Waals surface area (Å²) in [6, 6.07) is 13.3. The van der Waals surface area contributed by atoms with E-state index >= 15 is 0 Å². The third kappa shape index (κ3) is 7.32. The fraction of sp³-hybridized carbons (Fsp3) is 0.448. The number of amides is 1. The Balaban J connectivity index is 1.26. The van der Waals surface area contributed by atoms with Crippen molar-refractivity contribution in [3.8, 4) is 0 Å². The van der Waals surface area contributed by atoms with Gasteiger partial charge >= 0.3 is 0 Å². The van der Waals surface area contributed by atoms with Gasteiger partial charge in [0.1, 0.15) is 6.61 Å². The molecule has 8 nitrogen and oxygen atoms in total. The molecular weight excluding hydrogens is 537 g/mol. The van der Waals surface area contributed by atoms with Crippen molar-refractivity contribution in [3.05, 3.63) is 69.8 Å². The minimum absolute atomic E-state index is 0.0294. The number of fused-ring (bicyclic) bond motifs is 1. The van der Waals surface area contributed by atoms with Crippen molar-refractivity contribution in [2.45, 2.75) is 19.4 Å². The van der Waals surface area contributed by atoms with Gasteiger partial charge in [0.05, 0.1) is 18.9 Å². The number of benzene rings is 2. The summed E-state index contributed by atoms with van der Waals surface area (Å²) in [7, 11) is 0. The van der Waals surface area contributed by atoms with E-state index in [0.29, 0.717) is 35.3 Å². The largest absolute Gasteiger partial charge is 0.394 e. The van der Waals surface area contributed by atoms with Gasteiger partial charge in [0.25, 0.3) is 5.91 Å². The molecule has 0 radical (unpaired) electrons. The number of aromatic amines is 1. The molecule has 2 saturated heterocycles. The summed E-state index contributed by atoms with van der Waals surface area (Å²) < 4.78 is 5.40. The number of nitrogens with zero attached hydrogens (tertiary/aromatic N) is 4. The summed E-state index contributed by atoms with van der Waals surface area (Å²) in [4.78, 5) is 29.3. The van der Waals surface area contributed by atoms with Crippen LogP contribution in [0.1, 0.15) is 22.8 Å². The standard InChI is InChI=1S/C29H35Cl2N5O3/c1-21(33-39-13-10-34-8-11-38-12-9-34)19-35-6-7-36(29(37)22-14-24(30)17-25(31)15-22)26(20-35)16-23-18-32-28-5-3-2-4-27(23)28/h2-5,14-15,17-18,26,32H,6-13,16,19-20H2,1H3/b33-21+/t26-/m1/s1. The topological polar surface area (TPSA) is 73.4 Å². The zero-order valence-electron chi connectivity index (χ0n) is 22.2. The highest BCUT2D eigenvalue weighted by atomic mass is 35.5. The first-order valence-corrected chi connectivity index (χ1v) is 14.2. The average Bonchev–Trinajstić information content (AvgIpc) is 3.34. The maximum atomic E-state index is 13.7. The van der Waals surface area contributed by atoms with Crippen LogP contribution in [0.2, 0.25) is 10.0 Å². The molecule has 2 aliphatic heterocycles. The Morgan fingerprint density at radius 3 is 2.64 bits per heavy atom. The minimum atomic E-state index is -0.0549. The molecule has 39 heavy (non-hydrogen) atoms. The van der Waals surface area contributed by atoms with E-state index in [1.807, 2.05) is 24.0 Å². The summed E-state index contributed by atoms with van der Waals surface area (Å²) in [6.07, 6.45) is 2.78. The molecule has 1 aromatic heterocycles. The van der Waals surface area contributed by atoms with Gasteiger partial charge in [-0.1, -0.05) is 46.6 Å². The molecule has 0 aliphatic carbocycles. The van der Waals surface area contributed by atoms with Crippen molar-refractivity contribution in [1.29, 1.82) is 0 Å². The van der Waals surface area contributed by atoms with Crippen molar-refractivity contribution < 1.29 is 14.4 Å². The van der Waals surface area contributed by atoms with Gasteiger partial charge in [-0.05, 0) is 43.2 Å². The van der Waals surface area contributed by atoms with E-state index < -0.39 is 0 Å². The van der Waals surface area contributed by atoms with Crippen LogP contribution in [0.15, 0.2) is 53.8 Å². The Hall–Kier alpha value is -2.62. The number of carbonyl (C=O) groups is 1. The van der Waals surface area contributed by atoms with Gasteiger partial charge in [0.2, 0.25) is 0 Å². The van der Waals surface area contributed by atoms with Gasteiger partial charge in [0.15, 0.2) is 0 Å². The van der Waals surface area contributed by atoms with Crippen molar-refractivity contribution in [2.24, 2.45) is 5.16 Å². The summed E-state index contributed by atoms with van der Waals surface area (Å²) in [6.45, 7) is 9.59. The first kappa shape index (κ1) is 27.9. The average molecular weight is 573 g/mol. The maximum absolute atomic E-state index is 13.7. The lowest BCUT2D eigenvalue weighted by Crippen LogP contribution is -2.56. The van der Waals surface area contributed by atoms with Crippen LogP contribution >= 0.6 is 23.2 Å². The summed E-state index contributed by atoms with van der Waals surface area (Å²) in [5, 5.41) is 6.46. The number of ether oxygens (including phenoxy) is 1. The Labute approximate surface area is 239 Å². The third-order valence-corrected chi connectivity index (χ3v) is 7.78. The van der Waals surface area contributed by atoms with Gasteiger partial charge in [-0.2, -0.15) is 0 Å². The van der Waals surface area contributed by atoms with E-state index in [1.165, 1.54) is 10.9 Å². The smallest absolute Gasteiger partial charge is 0.254 e. The molecule has 0 bridgehead atoms. The van der Waals surface area contributed by atoms with Crippen LogP contribution in [0.5, 0.6) is 0 Å². The molecule has 1 amide bonds. The summed E-state index contributed by atoms with van der Waals surface area (Å²) in [5.41, 5.74) is 3.72. The second-order valence-electron chi connectivity index (χ2n) is 10.2. The molecule has 2 aromatic carbocycles. The molecule has 0 saturated carbocycles. The highest BCUT2D eigenvalue weighted by Gasteiger charge is 2.32. The molecular formula is C29H35Cl2N5O3. The number of para-hydroxylation sites is 1. The molecule has 2 aliphatic rings. The Morgan fingerprint density at radius 1 is 1.08 bits per heavy atom. The van der Waals surface area contributed by atoms with Crippen molar-refractivity contribution >= 4 is 45.7 Å². The normalized spacial score (nSPS) is 19.5. The SMILES string of the molecule is C/C(CN1CCN(C(=O)c2cc(Cl)cc(Cl)c2)[C@H](Cc2c[nH]c3ccccc23)C1)=N\OCCN1CCOCC1. The van der Waals surface area contributed by atoms with E-state index in [1.54, 1.807) is 18.2 Å². The minimum Gasteiger partial charge on any atom is -0.394 e. The number of rotatable bonds is 9.